The predicted molar refractivity (Wildman–Crippen MR) is 121 cm³/mol. The maximum absolute atomic E-state index is 12.4. The number of amides is 2. The number of anilines is 2. The lowest BCUT2D eigenvalue weighted by molar-refractivity contribution is -0.114. The highest BCUT2D eigenvalue weighted by Gasteiger charge is 2.15. The van der Waals surface area contributed by atoms with Gasteiger partial charge in [-0.1, -0.05) is 23.9 Å². The molecule has 0 saturated carbocycles. The lowest BCUT2D eigenvalue weighted by atomic mass is 10.1. The number of benzene rings is 2. The number of thioether (sulfide) groups is 1. The summed E-state index contributed by atoms with van der Waals surface area (Å²) in [5, 5.41) is 14.7. The minimum atomic E-state index is -0.197. The fraction of sp³-hybridized carbons (Fsp3) is 0.227. The number of aromatic nitrogens is 3. The average molecular weight is 438 g/mol. The van der Waals surface area contributed by atoms with Gasteiger partial charge in [-0.25, -0.2) is 0 Å². The SMILES string of the molecule is CCn1c(SCC(=O)Nc2cccc(C(C)=O)c2)nnc1-c1ccc(NC(C)=O)cc1. The van der Waals surface area contributed by atoms with Crippen molar-refractivity contribution in [1.29, 1.82) is 0 Å². The highest BCUT2D eigenvalue weighted by atomic mass is 32.2. The van der Waals surface area contributed by atoms with Gasteiger partial charge in [-0.15, -0.1) is 10.2 Å². The number of rotatable bonds is 8. The van der Waals surface area contributed by atoms with Crippen LogP contribution in [-0.2, 0) is 16.1 Å². The van der Waals surface area contributed by atoms with Gasteiger partial charge in [-0.3, -0.25) is 14.4 Å². The lowest BCUT2D eigenvalue weighted by Crippen LogP contribution is -2.15. The first-order valence-corrected chi connectivity index (χ1v) is 10.7. The Balaban J connectivity index is 1.67. The second-order valence-corrected chi connectivity index (χ2v) is 7.73. The molecule has 3 aromatic rings. The molecule has 160 valence electrons. The summed E-state index contributed by atoms with van der Waals surface area (Å²) in [6.45, 7) is 5.57. The van der Waals surface area contributed by atoms with Crippen LogP contribution in [0.4, 0.5) is 11.4 Å². The summed E-state index contributed by atoms with van der Waals surface area (Å²) in [4.78, 5) is 35.0. The van der Waals surface area contributed by atoms with E-state index in [1.54, 1.807) is 36.4 Å². The van der Waals surface area contributed by atoms with Crippen LogP contribution in [0.2, 0.25) is 0 Å². The number of Topliss-reactive ketones (excluding diaryl/α,β-unsaturated/α-hetero) is 1. The van der Waals surface area contributed by atoms with E-state index in [1.807, 2.05) is 23.6 Å². The quantitative estimate of drug-likeness (QED) is 0.409. The van der Waals surface area contributed by atoms with Crippen LogP contribution in [0.25, 0.3) is 11.4 Å². The highest BCUT2D eigenvalue weighted by Crippen LogP contribution is 2.25. The number of carbonyl (C=O) groups excluding carboxylic acids is 3. The van der Waals surface area contributed by atoms with Crippen molar-refractivity contribution in [2.75, 3.05) is 16.4 Å². The van der Waals surface area contributed by atoms with Crippen molar-refractivity contribution in [3.63, 3.8) is 0 Å². The Hall–Kier alpha value is -3.46. The molecule has 8 nitrogen and oxygen atoms in total. The molecule has 0 radical (unpaired) electrons. The monoisotopic (exact) mass is 437 g/mol. The molecule has 0 aliphatic heterocycles. The number of nitrogens with zero attached hydrogens (tertiary/aromatic N) is 3. The first-order valence-electron chi connectivity index (χ1n) is 9.72. The van der Waals surface area contributed by atoms with Crippen LogP contribution in [0.3, 0.4) is 0 Å². The molecule has 1 heterocycles. The van der Waals surface area contributed by atoms with E-state index in [9.17, 15) is 14.4 Å². The lowest BCUT2D eigenvalue weighted by Gasteiger charge is -2.09. The van der Waals surface area contributed by atoms with E-state index >= 15 is 0 Å². The minimum Gasteiger partial charge on any atom is -0.326 e. The van der Waals surface area contributed by atoms with Gasteiger partial charge in [0.2, 0.25) is 11.8 Å². The van der Waals surface area contributed by atoms with Gasteiger partial charge in [-0.2, -0.15) is 0 Å². The second-order valence-electron chi connectivity index (χ2n) is 6.78. The molecule has 31 heavy (non-hydrogen) atoms. The summed E-state index contributed by atoms with van der Waals surface area (Å²) in [5.41, 5.74) is 2.69. The predicted octanol–water partition coefficient (Wildman–Crippen LogP) is 3.86. The largest absolute Gasteiger partial charge is 0.326 e. The van der Waals surface area contributed by atoms with Crippen LogP contribution in [0, 0.1) is 0 Å². The highest BCUT2D eigenvalue weighted by molar-refractivity contribution is 7.99. The van der Waals surface area contributed by atoms with Crippen molar-refractivity contribution < 1.29 is 14.4 Å². The van der Waals surface area contributed by atoms with Crippen molar-refractivity contribution in [2.45, 2.75) is 32.5 Å². The van der Waals surface area contributed by atoms with E-state index in [0.29, 0.717) is 34.5 Å². The Morgan fingerprint density at radius 3 is 2.35 bits per heavy atom. The summed E-state index contributed by atoms with van der Waals surface area (Å²) in [7, 11) is 0. The molecule has 2 amide bonds. The Bertz CT molecular complexity index is 1110. The Labute approximate surface area is 184 Å². The first-order chi connectivity index (χ1) is 14.9. The fourth-order valence-corrected chi connectivity index (χ4v) is 3.75. The first kappa shape index (κ1) is 22.2. The van der Waals surface area contributed by atoms with Crippen molar-refractivity contribution >= 4 is 40.7 Å². The second kappa shape index (κ2) is 10.0. The van der Waals surface area contributed by atoms with Crippen LogP contribution in [0.15, 0.2) is 53.7 Å². The van der Waals surface area contributed by atoms with Gasteiger partial charge in [0.15, 0.2) is 16.8 Å². The molecule has 0 atom stereocenters. The van der Waals surface area contributed by atoms with E-state index in [2.05, 4.69) is 20.8 Å². The van der Waals surface area contributed by atoms with Crippen LogP contribution in [0.1, 0.15) is 31.1 Å². The van der Waals surface area contributed by atoms with Crippen molar-refractivity contribution in [3.8, 4) is 11.4 Å². The van der Waals surface area contributed by atoms with Crippen LogP contribution >= 0.6 is 11.8 Å². The average Bonchev–Trinajstić information content (AvgIpc) is 3.15. The van der Waals surface area contributed by atoms with Crippen molar-refractivity contribution in [1.82, 2.24) is 14.8 Å². The molecule has 2 N–H and O–H groups in total. The van der Waals surface area contributed by atoms with Crippen LogP contribution in [-0.4, -0.2) is 38.1 Å². The normalized spacial score (nSPS) is 10.5. The van der Waals surface area contributed by atoms with Gasteiger partial charge >= 0.3 is 0 Å². The smallest absolute Gasteiger partial charge is 0.234 e. The fourth-order valence-electron chi connectivity index (χ4n) is 2.94. The molecule has 0 saturated heterocycles. The molecule has 0 aliphatic rings. The molecule has 1 aromatic heterocycles. The summed E-state index contributed by atoms with van der Waals surface area (Å²) >= 11 is 1.29. The molecule has 0 aliphatic carbocycles. The van der Waals surface area contributed by atoms with E-state index in [-0.39, 0.29) is 23.4 Å². The zero-order valence-corrected chi connectivity index (χ0v) is 18.3. The van der Waals surface area contributed by atoms with E-state index in [1.165, 1.54) is 25.6 Å². The molecule has 3 rings (SSSR count). The summed E-state index contributed by atoms with van der Waals surface area (Å²) in [6.07, 6.45) is 0. The zero-order chi connectivity index (χ0) is 22.4. The van der Waals surface area contributed by atoms with E-state index in [0.717, 1.165) is 5.56 Å². The van der Waals surface area contributed by atoms with Crippen molar-refractivity contribution in [2.24, 2.45) is 0 Å². The number of hydrogen-bond donors (Lipinski definition) is 2. The molecule has 0 fully saturated rings. The van der Waals surface area contributed by atoms with E-state index < -0.39 is 0 Å². The van der Waals surface area contributed by atoms with Gasteiger partial charge in [0.1, 0.15) is 0 Å². The number of carbonyl (C=O) groups is 3. The third kappa shape index (κ3) is 5.79. The molecule has 9 heteroatoms. The summed E-state index contributed by atoms with van der Waals surface area (Å²) < 4.78 is 1.93. The summed E-state index contributed by atoms with van der Waals surface area (Å²) in [5.74, 6) is 0.462. The molecule has 0 unspecified atom stereocenters. The maximum Gasteiger partial charge on any atom is 0.234 e. The van der Waals surface area contributed by atoms with E-state index in [4.69, 9.17) is 0 Å². The standard InChI is InChI=1S/C22H23N5O3S/c1-4-27-21(16-8-10-18(11-9-16)23-15(3)29)25-26-22(27)31-13-20(30)24-19-7-5-6-17(12-19)14(2)28/h5-12H,4,13H2,1-3H3,(H,23,29)(H,24,30). The zero-order valence-electron chi connectivity index (χ0n) is 17.5. The molecule has 2 aromatic carbocycles. The number of ketones is 1. The summed E-state index contributed by atoms with van der Waals surface area (Å²) in [6, 6.07) is 14.2. The number of nitrogens with one attached hydrogen (secondary N) is 2. The van der Waals surface area contributed by atoms with Crippen LogP contribution < -0.4 is 10.6 Å². The Kier molecular flexibility index (Phi) is 7.19. The third-order valence-electron chi connectivity index (χ3n) is 4.38. The molecular weight excluding hydrogens is 414 g/mol. The number of hydrogen-bond acceptors (Lipinski definition) is 6. The third-order valence-corrected chi connectivity index (χ3v) is 5.35. The Morgan fingerprint density at radius 1 is 0.968 bits per heavy atom. The van der Waals surface area contributed by atoms with Gasteiger partial charge in [0.05, 0.1) is 5.75 Å². The van der Waals surface area contributed by atoms with Crippen molar-refractivity contribution in [3.05, 3.63) is 54.1 Å². The van der Waals surface area contributed by atoms with Crippen LogP contribution in [0.5, 0.6) is 0 Å². The maximum atomic E-state index is 12.4. The Morgan fingerprint density at radius 2 is 1.71 bits per heavy atom. The van der Waals surface area contributed by atoms with Gasteiger partial charge in [0.25, 0.3) is 0 Å². The van der Waals surface area contributed by atoms with Gasteiger partial charge in [0, 0.05) is 36.0 Å². The van der Waals surface area contributed by atoms with Gasteiger partial charge < -0.3 is 15.2 Å². The topological polar surface area (TPSA) is 106 Å². The molecule has 0 bridgehead atoms. The van der Waals surface area contributed by atoms with Gasteiger partial charge in [-0.05, 0) is 50.2 Å². The minimum absolute atomic E-state index is 0.0563. The molecular formula is C22H23N5O3S. The molecule has 0 spiro atoms.